The standard InChI is InChI=1S/C48H37NSi/c1-6-18-40(19-7-1)49(41-20-8-2-9-21-41)42-33-30-38(31-34-42)47-35-32-39(46-28-16-17-29-48(46)47)36-37-50(43-22-10-3-11-23-43,44-24-12-4-13-25-44)45-26-14-5-15-27-45/h1-37H. The smallest absolute Gasteiger partial charge is 0.172 e. The predicted octanol–water partition coefficient (Wildman–Crippen LogP) is 10.7. The van der Waals surface area contributed by atoms with Crippen LogP contribution in [0.3, 0.4) is 0 Å². The highest BCUT2D eigenvalue weighted by Gasteiger charge is 2.36. The lowest BCUT2D eigenvalue weighted by molar-refractivity contribution is 1.28. The molecule has 0 saturated carbocycles. The monoisotopic (exact) mass is 655 g/mol. The fourth-order valence-electron chi connectivity index (χ4n) is 7.22. The van der Waals surface area contributed by atoms with E-state index >= 15 is 0 Å². The lowest BCUT2D eigenvalue weighted by atomic mass is 9.95. The van der Waals surface area contributed by atoms with Gasteiger partial charge in [-0.15, -0.1) is 0 Å². The highest BCUT2D eigenvalue weighted by Crippen LogP contribution is 2.37. The first-order chi connectivity index (χ1) is 24.8. The average Bonchev–Trinajstić information content (AvgIpc) is 3.21. The SMILES string of the molecule is C(=C[Si](c1ccccc1)(c1ccccc1)c1ccccc1)c1ccc(-c2ccc(N(c3ccccc3)c3ccccc3)cc2)c2ccccc12. The van der Waals surface area contributed by atoms with Crippen LogP contribution < -0.4 is 20.5 Å². The topological polar surface area (TPSA) is 3.24 Å². The second-order valence-electron chi connectivity index (χ2n) is 12.5. The van der Waals surface area contributed by atoms with Crippen LogP contribution in [0.4, 0.5) is 17.1 Å². The average molecular weight is 656 g/mol. The van der Waals surface area contributed by atoms with Gasteiger partial charge in [-0.2, -0.15) is 0 Å². The highest BCUT2D eigenvalue weighted by atomic mass is 28.3. The zero-order valence-corrected chi connectivity index (χ0v) is 28.8. The molecule has 0 amide bonds. The molecule has 0 aliphatic carbocycles. The predicted molar refractivity (Wildman–Crippen MR) is 217 cm³/mol. The van der Waals surface area contributed by atoms with Gasteiger partial charge >= 0.3 is 0 Å². The van der Waals surface area contributed by atoms with Crippen LogP contribution in [0.5, 0.6) is 0 Å². The highest BCUT2D eigenvalue weighted by molar-refractivity contribution is 7.15. The minimum Gasteiger partial charge on any atom is -0.311 e. The molecule has 8 aromatic rings. The van der Waals surface area contributed by atoms with Gasteiger partial charge in [0.2, 0.25) is 0 Å². The number of anilines is 3. The third kappa shape index (κ3) is 5.98. The molecular weight excluding hydrogens is 619 g/mol. The zero-order chi connectivity index (χ0) is 33.6. The van der Waals surface area contributed by atoms with E-state index in [2.05, 4.69) is 229 Å². The van der Waals surface area contributed by atoms with Gasteiger partial charge < -0.3 is 4.90 Å². The van der Waals surface area contributed by atoms with Gasteiger partial charge in [0.15, 0.2) is 8.07 Å². The van der Waals surface area contributed by atoms with Crippen LogP contribution in [0.25, 0.3) is 28.0 Å². The molecule has 0 heterocycles. The van der Waals surface area contributed by atoms with E-state index in [1.807, 2.05) is 0 Å². The Labute approximate surface area is 296 Å². The Morgan fingerprint density at radius 3 is 1.22 bits per heavy atom. The van der Waals surface area contributed by atoms with Crippen LogP contribution in [0, 0.1) is 0 Å². The normalized spacial score (nSPS) is 11.5. The molecule has 0 atom stereocenters. The van der Waals surface area contributed by atoms with E-state index in [-0.39, 0.29) is 0 Å². The molecule has 2 heteroatoms. The van der Waals surface area contributed by atoms with Gasteiger partial charge in [-0.3, -0.25) is 0 Å². The summed E-state index contributed by atoms with van der Waals surface area (Å²) in [6.07, 6.45) is 2.38. The molecule has 0 fully saturated rings. The molecule has 0 N–H and O–H groups in total. The Bertz CT molecular complexity index is 2200. The Balaban J connectivity index is 1.22. The van der Waals surface area contributed by atoms with Crippen molar-refractivity contribution in [2.75, 3.05) is 4.90 Å². The molecule has 0 aromatic heterocycles. The molecule has 238 valence electrons. The summed E-state index contributed by atoms with van der Waals surface area (Å²) < 4.78 is 0. The van der Waals surface area contributed by atoms with E-state index in [4.69, 9.17) is 0 Å². The maximum atomic E-state index is 2.53. The summed E-state index contributed by atoms with van der Waals surface area (Å²) >= 11 is 0. The Kier molecular flexibility index (Phi) is 8.76. The van der Waals surface area contributed by atoms with Crippen LogP contribution in [0.1, 0.15) is 5.56 Å². The lowest BCUT2D eigenvalue weighted by Gasteiger charge is -2.31. The zero-order valence-electron chi connectivity index (χ0n) is 27.8. The maximum Gasteiger partial charge on any atom is 0.172 e. The number of hydrogen-bond acceptors (Lipinski definition) is 1. The first-order valence-corrected chi connectivity index (χ1v) is 19.3. The molecule has 0 spiro atoms. The Morgan fingerprint density at radius 2 is 0.740 bits per heavy atom. The molecule has 0 saturated heterocycles. The summed E-state index contributed by atoms with van der Waals surface area (Å²) in [7, 11) is -2.53. The van der Waals surface area contributed by atoms with Crippen molar-refractivity contribution in [3.63, 3.8) is 0 Å². The van der Waals surface area contributed by atoms with E-state index in [0.717, 1.165) is 17.1 Å². The fraction of sp³-hybridized carbons (Fsp3) is 0. The van der Waals surface area contributed by atoms with Crippen molar-refractivity contribution in [2.24, 2.45) is 0 Å². The van der Waals surface area contributed by atoms with Crippen molar-refractivity contribution in [1.29, 1.82) is 0 Å². The molecule has 0 aliphatic heterocycles. The molecule has 0 bridgehead atoms. The third-order valence-electron chi connectivity index (χ3n) is 9.62. The molecule has 8 rings (SSSR count). The summed E-state index contributed by atoms with van der Waals surface area (Å²) in [6, 6.07) is 76.7. The van der Waals surface area contributed by atoms with Crippen molar-refractivity contribution in [3.05, 3.63) is 224 Å². The summed E-state index contributed by atoms with van der Waals surface area (Å²) in [4.78, 5) is 2.30. The van der Waals surface area contributed by atoms with Crippen molar-refractivity contribution in [3.8, 4) is 11.1 Å². The van der Waals surface area contributed by atoms with E-state index in [1.165, 1.54) is 43.0 Å². The quantitative estimate of drug-likeness (QED) is 0.110. The first-order valence-electron chi connectivity index (χ1n) is 17.2. The summed E-state index contributed by atoms with van der Waals surface area (Å²) in [6.45, 7) is 0. The van der Waals surface area contributed by atoms with E-state index < -0.39 is 8.07 Å². The van der Waals surface area contributed by atoms with Gasteiger partial charge in [0.1, 0.15) is 0 Å². The number of rotatable bonds is 9. The number of nitrogens with zero attached hydrogens (tertiary/aromatic N) is 1. The number of benzene rings is 8. The van der Waals surface area contributed by atoms with Gasteiger partial charge in [-0.25, -0.2) is 0 Å². The van der Waals surface area contributed by atoms with Gasteiger partial charge in [-0.05, 0) is 79.4 Å². The summed E-state index contributed by atoms with van der Waals surface area (Å²) in [5.74, 6) is 0. The number of hydrogen-bond donors (Lipinski definition) is 0. The third-order valence-corrected chi connectivity index (χ3v) is 14.0. The van der Waals surface area contributed by atoms with Crippen LogP contribution in [0.15, 0.2) is 218 Å². The van der Waals surface area contributed by atoms with Crippen molar-refractivity contribution in [1.82, 2.24) is 0 Å². The van der Waals surface area contributed by atoms with Gasteiger partial charge in [0, 0.05) is 17.1 Å². The molecule has 1 nitrogen and oxygen atoms in total. The van der Waals surface area contributed by atoms with Gasteiger partial charge in [0.05, 0.1) is 0 Å². The van der Waals surface area contributed by atoms with Gasteiger partial charge in [0.25, 0.3) is 0 Å². The van der Waals surface area contributed by atoms with Crippen LogP contribution in [-0.4, -0.2) is 8.07 Å². The van der Waals surface area contributed by atoms with E-state index in [1.54, 1.807) is 0 Å². The second kappa shape index (κ2) is 14.1. The number of para-hydroxylation sites is 2. The van der Waals surface area contributed by atoms with Crippen molar-refractivity contribution >= 4 is 57.5 Å². The van der Waals surface area contributed by atoms with Crippen LogP contribution in [-0.2, 0) is 0 Å². The van der Waals surface area contributed by atoms with E-state index in [0.29, 0.717) is 0 Å². The minimum atomic E-state index is -2.53. The van der Waals surface area contributed by atoms with Crippen molar-refractivity contribution < 1.29 is 0 Å². The summed E-state index contributed by atoms with van der Waals surface area (Å²) in [5.41, 5.74) is 9.57. The van der Waals surface area contributed by atoms with Gasteiger partial charge in [-0.1, -0.05) is 188 Å². The number of fused-ring (bicyclic) bond motifs is 1. The van der Waals surface area contributed by atoms with Crippen LogP contribution in [0.2, 0.25) is 0 Å². The fourth-order valence-corrected chi connectivity index (χ4v) is 11.4. The van der Waals surface area contributed by atoms with E-state index in [9.17, 15) is 0 Å². The largest absolute Gasteiger partial charge is 0.311 e. The Hall–Kier alpha value is -6.22. The molecule has 0 unspecified atom stereocenters. The molecule has 0 radical (unpaired) electrons. The minimum absolute atomic E-state index is 1.12. The van der Waals surface area contributed by atoms with Crippen LogP contribution >= 0.6 is 0 Å². The lowest BCUT2D eigenvalue weighted by Crippen LogP contribution is -2.66. The Morgan fingerprint density at radius 1 is 0.340 bits per heavy atom. The molecule has 8 aromatic carbocycles. The molecule has 50 heavy (non-hydrogen) atoms. The van der Waals surface area contributed by atoms with Crippen molar-refractivity contribution in [2.45, 2.75) is 0 Å². The first kappa shape index (κ1) is 31.1. The molecular formula is C48H37NSi. The summed E-state index contributed by atoms with van der Waals surface area (Å²) in [5, 5.41) is 6.61. The second-order valence-corrected chi connectivity index (χ2v) is 16.2. The molecule has 0 aliphatic rings. The maximum absolute atomic E-state index is 2.53.